The highest BCUT2D eigenvalue weighted by atomic mass is 16.6. The molecule has 0 bridgehead atoms. The number of hydrogen-bond acceptors (Lipinski definition) is 4. The normalized spacial score (nSPS) is 15.2. The van der Waals surface area contributed by atoms with Crippen LogP contribution < -0.4 is 0 Å². The lowest BCUT2D eigenvalue weighted by Gasteiger charge is -2.36. The zero-order valence-electron chi connectivity index (χ0n) is 13.5. The molecule has 0 aliphatic heterocycles. The largest absolute Gasteiger partial charge is 0.465 e. The van der Waals surface area contributed by atoms with Crippen molar-refractivity contribution in [3.63, 3.8) is 0 Å². The summed E-state index contributed by atoms with van der Waals surface area (Å²) in [4.78, 5) is 25.0. The summed E-state index contributed by atoms with van der Waals surface area (Å²) < 4.78 is 10.5. The third kappa shape index (κ3) is 4.21. The summed E-state index contributed by atoms with van der Waals surface area (Å²) in [7, 11) is 1.54. The Balaban J connectivity index is 3.03. The Labute approximate surface area is 125 Å². The van der Waals surface area contributed by atoms with Crippen LogP contribution in [0.25, 0.3) is 6.08 Å². The first kappa shape index (κ1) is 17.0. The van der Waals surface area contributed by atoms with Crippen molar-refractivity contribution in [3.8, 4) is 0 Å². The monoisotopic (exact) mass is 293 g/mol. The Bertz CT molecular complexity index is 525. The van der Waals surface area contributed by atoms with E-state index in [2.05, 4.69) is 0 Å². The van der Waals surface area contributed by atoms with E-state index >= 15 is 0 Å². The maximum Gasteiger partial charge on any atom is 0.411 e. The van der Waals surface area contributed by atoms with E-state index in [1.165, 1.54) is 4.90 Å². The van der Waals surface area contributed by atoms with Crippen LogP contribution >= 0.6 is 0 Å². The van der Waals surface area contributed by atoms with Gasteiger partial charge in [0.15, 0.2) is 0 Å². The van der Waals surface area contributed by atoms with Crippen LogP contribution in [0.15, 0.2) is 28.4 Å². The standard InChI is InChI=1S/C16H23NO4/c1-12(10-13-8-7-9-20-13)16(5,11-18)17(6)14(19)21-15(2,3)4/h7-11H,1-6H3/b12-10+. The number of hydrogen-bond donors (Lipinski definition) is 0. The summed E-state index contributed by atoms with van der Waals surface area (Å²) >= 11 is 0. The molecular formula is C16H23NO4. The van der Waals surface area contributed by atoms with Gasteiger partial charge in [-0.05, 0) is 58.4 Å². The highest BCUT2D eigenvalue weighted by molar-refractivity contribution is 5.81. The highest BCUT2D eigenvalue weighted by Crippen LogP contribution is 2.25. The molecule has 0 aromatic carbocycles. The average molecular weight is 293 g/mol. The van der Waals surface area contributed by atoms with Crippen LogP contribution in [0.5, 0.6) is 0 Å². The van der Waals surface area contributed by atoms with E-state index in [0.29, 0.717) is 11.3 Å². The number of ether oxygens (including phenoxy) is 1. The van der Waals surface area contributed by atoms with E-state index in [0.717, 1.165) is 6.29 Å². The van der Waals surface area contributed by atoms with Crippen molar-refractivity contribution in [1.29, 1.82) is 0 Å². The van der Waals surface area contributed by atoms with Gasteiger partial charge in [0.2, 0.25) is 0 Å². The second kappa shape index (κ2) is 6.16. The summed E-state index contributed by atoms with van der Waals surface area (Å²) in [5.74, 6) is 0.623. The van der Waals surface area contributed by atoms with E-state index in [9.17, 15) is 9.59 Å². The van der Waals surface area contributed by atoms with Gasteiger partial charge in [-0.3, -0.25) is 4.90 Å². The molecule has 116 valence electrons. The number of nitrogens with zero attached hydrogens (tertiary/aromatic N) is 1. The maximum absolute atomic E-state index is 12.2. The molecule has 1 unspecified atom stereocenters. The predicted octanol–water partition coefficient (Wildman–Crippen LogP) is 3.51. The lowest BCUT2D eigenvalue weighted by atomic mass is 9.92. The maximum atomic E-state index is 12.2. The van der Waals surface area contributed by atoms with Crippen molar-refractivity contribution in [3.05, 3.63) is 29.7 Å². The summed E-state index contributed by atoms with van der Waals surface area (Å²) in [6, 6.07) is 3.54. The first-order chi connectivity index (χ1) is 9.60. The summed E-state index contributed by atoms with van der Waals surface area (Å²) in [5, 5.41) is 0. The summed E-state index contributed by atoms with van der Waals surface area (Å²) in [5.41, 5.74) is -1.04. The molecule has 0 radical (unpaired) electrons. The van der Waals surface area contributed by atoms with Crippen LogP contribution in [0.4, 0.5) is 4.79 Å². The smallest absolute Gasteiger partial charge is 0.411 e. The Morgan fingerprint density at radius 3 is 2.38 bits per heavy atom. The van der Waals surface area contributed by atoms with Gasteiger partial charge in [-0.2, -0.15) is 0 Å². The van der Waals surface area contributed by atoms with Gasteiger partial charge in [0.1, 0.15) is 23.2 Å². The summed E-state index contributed by atoms with van der Waals surface area (Å²) in [6.07, 6.45) is 3.46. The molecule has 0 N–H and O–H groups in total. The Hall–Kier alpha value is -2.04. The number of carbonyl (C=O) groups is 2. The molecule has 0 spiro atoms. The van der Waals surface area contributed by atoms with Crippen molar-refractivity contribution in [2.45, 2.75) is 45.8 Å². The van der Waals surface area contributed by atoms with Gasteiger partial charge in [-0.15, -0.1) is 0 Å². The van der Waals surface area contributed by atoms with Crippen LogP contribution in [0.1, 0.15) is 40.4 Å². The molecule has 0 fully saturated rings. The minimum atomic E-state index is -1.10. The first-order valence-electron chi connectivity index (χ1n) is 6.75. The molecule has 1 aromatic heterocycles. The topological polar surface area (TPSA) is 59.8 Å². The predicted molar refractivity (Wildman–Crippen MR) is 80.8 cm³/mol. The zero-order chi connectivity index (χ0) is 16.3. The van der Waals surface area contributed by atoms with Crippen molar-refractivity contribution in [2.75, 3.05) is 7.05 Å². The quantitative estimate of drug-likeness (QED) is 0.797. The molecule has 0 aliphatic carbocycles. The van der Waals surface area contributed by atoms with E-state index in [1.807, 2.05) is 0 Å². The number of likely N-dealkylation sites (N-methyl/N-ethyl adjacent to an activating group) is 1. The second-order valence-electron chi connectivity index (χ2n) is 6.15. The van der Waals surface area contributed by atoms with Gasteiger partial charge in [-0.25, -0.2) is 4.79 Å². The van der Waals surface area contributed by atoms with Gasteiger partial charge >= 0.3 is 6.09 Å². The third-order valence-electron chi connectivity index (χ3n) is 3.29. The lowest BCUT2D eigenvalue weighted by molar-refractivity contribution is -0.115. The fourth-order valence-electron chi connectivity index (χ4n) is 1.69. The van der Waals surface area contributed by atoms with E-state index in [4.69, 9.17) is 9.15 Å². The molecule has 5 nitrogen and oxygen atoms in total. The van der Waals surface area contributed by atoms with E-state index < -0.39 is 17.2 Å². The molecule has 1 amide bonds. The molecular weight excluding hydrogens is 270 g/mol. The second-order valence-corrected chi connectivity index (χ2v) is 6.15. The molecule has 1 heterocycles. The van der Waals surface area contributed by atoms with Crippen LogP contribution in [0.3, 0.4) is 0 Å². The van der Waals surface area contributed by atoms with E-state index in [-0.39, 0.29) is 0 Å². The Morgan fingerprint density at radius 2 is 1.95 bits per heavy atom. The van der Waals surface area contributed by atoms with Crippen LogP contribution in [-0.4, -0.2) is 35.5 Å². The Morgan fingerprint density at radius 1 is 1.33 bits per heavy atom. The molecule has 5 heteroatoms. The van der Waals surface area contributed by atoms with Gasteiger partial charge < -0.3 is 13.9 Å². The van der Waals surface area contributed by atoms with Crippen LogP contribution in [0, 0.1) is 0 Å². The van der Waals surface area contributed by atoms with E-state index in [1.54, 1.807) is 66.1 Å². The van der Waals surface area contributed by atoms with Gasteiger partial charge in [0.05, 0.1) is 6.26 Å². The first-order valence-corrected chi connectivity index (χ1v) is 6.75. The fraction of sp³-hybridized carbons (Fsp3) is 0.500. The van der Waals surface area contributed by atoms with Gasteiger partial charge in [0.25, 0.3) is 0 Å². The number of aldehydes is 1. The molecule has 0 saturated carbocycles. The van der Waals surface area contributed by atoms with Crippen molar-refractivity contribution in [1.82, 2.24) is 4.90 Å². The van der Waals surface area contributed by atoms with Crippen LogP contribution in [-0.2, 0) is 9.53 Å². The van der Waals surface area contributed by atoms with Gasteiger partial charge in [0, 0.05) is 7.05 Å². The molecule has 21 heavy (non-hydrogen) atoms. The average Bonchev–Trinajstić information content (AvgIpc) is 2.87. The molecule has 0 aliphatic rings. The minimum absolute atomic E-state index is 0.552. The third-order valence-corrected chi connectivity index (χ3v) is 3.29. The zero-order valence-corrected chi connectivity index (χ0v) is 13.5. The van der Waals surface area contributed by atoms with Crippen molar-refractivity contribution < 1.29 is 18.7 Å². The van der Waals surface area contributed by atoms with Crippen LogP contribution in [0.2, 0.25) is 0 Å². The molecule has 1 aromatic rings. The molecule has 1 atom stereocenters. The number of rotatable bonds is 4. The van der Waals surface area contributed by atoms with Gasteiger partial charge in [-0.1, -0.05) is 0 Å². The fourth-order valence-corrected chi connectivity index (χ4v) is 1.69. The lowest BCUT2D eigenvalue weighted by Crippen LogP contribution is -2.51. The highest BCUT2D eigenvalue weighted by Gasteiger charge is 2.36. The Kier molecular flexibility index (Phi) is 4.99. The number of amides is 1. The summed E-state index contributed by atoms with van der Waals surface area (Å²) in [6.45, 7) is 8.78. The van der Waals surface area contributed by atoms with Crippen molar-refractivity contribution >= 4 is 18.5 Å². The number of carbonyl (C=O) groups excluding carboxylic acids is 2. The minimum Gasteiger partial charge on any atom is -0.465 e. The molecule has 1 rings (SSSR count). The number of furan rings is 1. The van der Waals surface area contributed by atoms with Crippen molar-refractivity contribution in [2.24, 2.45) is 0 Å². The molecule has 0 saturated heterocycles. The SMILES string of the molecule is C/C(=C\c1ccco1)C(C)(C=O)N(C)C(=O)OC(C)(C)C.